The molecule has 3 heterocycles. The molecule has 1 aromatic heterocycles. The molecule has 1 fully saturated rings. The van der Waals surface area contributed by atoms with E-state index in [0.29, 0.717) is 36.9 Å². The number of aryl methyl sites for hydroxylation is 1. The fourth-order valence-electron chi connectivity index (χ4n) is 4.52. The number of anilines is 1. The summed E-state index contributed by atoms with van der Waals surface area (Å²) >= 11 is 1.59. The van der Waals surface area contributed by atoms with E-state index in [2.05, 4.69) is 5.32 Å². The van der Waals surface area contributed by atoms with Gasteiger partial charge in [-0.3, -0.25) is 4.79 Å². The number of hydrogen-bond acceptors (Lipinski definition) is 6. The van der Waals surface area contributed by atoms with E-state index >= 15 is 0 Å². The Morgan fingerprint density at radius 1 is 1.08 bits per heavy atom. The zero-order valence-corrected chi connectivity index (χ0v) is 22.0. The van der Waals surface area contributed by atoms with Gasteiger partial charge in [0.1, 0.15) is 12.4 Å². The largest absolute Gasteiger partial charge is 0.454 e. The summed E-state index contributed by atoms with van der Waals surface area (Å²) in [6.07, 6.45) is 1.57. The van der Waals surface area contributed by atoms with Crippen LogP contribution in [-0.2, 0) is 22.6 Å². The molecule has 0 bridgehead atoms. The number of carbonyl (C=O) groups excluding carboxylic acids is 2. The van der Waals surface area contributed by atoms with Crippen LogP contribution in [0.2, 0.25) is 0 Å². The van der Waals surface area contributed by atoms with E-state index < -0.39 is 11.8 Å². The molecule has 0 unspecified atom stereocenters. The van der Waals surface area contributed by atoms with Gasteiger partial charge in [0.2, 0.25) is 12.7 Å². The third-order valence-corrected chi connectivity index (χ3v) is 7.61. The van der Waals surface area contributed by atoms with Crippen LogP contribution >= 0.6 is 11.3 Å². The van der Waals surface area contributed by atoms with Gasteiger partial charge in [0.25, 0.3) is 0 Å². The molecular formula is C28H30FN3O5S. The summed E-state index contributed by atoms with van der Waals surface area (Å²) in [5, 5.41) is 4.73. The number of urea groups is 1. The minimum absolute atomic E-state index is 0.143. The van der Waals surface area contributed by atoms with E-state index in [0.717, 1.165) is 28.8 Å². The Balaban J connectivity index is 1.35. The predicted octanol–water partition coefficient (Wildman–Crippen LogP) is 5.17. The van der Waals surface area contributed by atoms with Gasteiger partial charge in [-0.1, -0.05) is 12.1 Å². The molecular weight excluding hydrogens is 509 g/mol. The molecule has 3 aromatic rings. The highest BCUT2D eigenvalue weighted by molar-refractivity contribution is 7.10. The first-order valence-electron chi connectivity index (χ1n) is 12.6. The van der Waals surface area contributed by atoms with E-state index in [1.165, 1.54) is 23.1 Å². The van der Waals surface area contributed by atoms with Crippen LogP contribution < -0.4 is 14.8 Å². The summed E-state index contributed by atoms with van der Waals surface area (Å²) in [5.74, 6) is 0.669. The van der Waals surface area contributed by atoms with Crippen molar-refractivity contribution in [3.8, 4) is 11.5 Å². The Morgan fingerprint density at radius 3 is 2.71 bits per heavy atom. The van der Waals surface area contributed by atoms with Gasteiger partial charge >= 0.3 is 6.03 Å². The minimum atomic E-state index is -0.477. The van der Waals surface area contributed by atoms with E-state index in [-0.39, 0.29) is 31.9 Å². The maximum Gasteiger partial charge on any atom is 0.322 e. The summed E-state index contributed by atoms with van der Waals surface area (Å²) in [6, 6.07) is 12.9. The van der Waals surface area contributed by atoms with Crippen molar-refractivity contribution in [3.05, 3.63) is 75.7 Å². The molecule has 1 saturated heterocycles. The van der Waals surface area contributed by atoms with Crippen LogP contribution in [0.3, 0.4) is 0 Å². The molecule has 8 nitrogen and oxygen atoms in total. The maximum atomic E-state index is 13.8. The smallest absolute Gasteiger partial charge is 0.322 e. The van der Waals surface area contributed by atoms with Crippen molar-refractivity contribution in [2.75, 3.05) is 31.8 Å². The first-order chi connectivity index (χ1) is 18.4. The number of rotatable bonds is 9. The van der Waals surface area contributed by atoms with Crippen LogP contribution in [0.15, 0.2) is 53.9 Å². The Morgan fingerprint density at radius 2 is 1.95 bits per heavy atom. The van der Waals surface area contributed by atoms with Crippen LogP contribution in [-0.4, -0.2) is 54.3 Å². The Kier molecular flexibility index (Phi) is 8.09. The lowest BCUT2D eigenvalue weighted by molar-refractivity contribution is -0.133. The molecule has 2 aromatic carbocycles. The lowest BCUT2D eigenvalue weighted by Crippen LogP contribution is -2.46. The highest BCUT2D eigenvalue weighted by atomic mass is 32.1. The second-order valence-corrected chi connectivity index (χ2v) is 10.4. The predicted molar refractivity (Wildman–Crippen MR) is 142 cm³/mol. The number of thiophene rings is 1. The lowest BCUT2D eigenvalue weighted by Gasteiger charge is -2.29. The minimum Gasteiger partial charge on any atom is -0.454 e. The van der Waals surface area contributed by atoms with Crippen molar-refractivity contribution in [2.24, 2.45) is 0 Å². The number of hydrogen-bond donors (Lipinski definition) is 1. The number of amides is 3. The molecule has 0 aliphatic carbocycles. The van der Waals surface area contributed by atoms with Crippen molar-refractivity contribution in [3.63, 3.8) is 0 Å². The summed E-state index contributed by atoms with van der Waals surface area (Å²) < 4.78 is 30.4. The van der Waals surface area contributed by atoms with Gasteiger partial charge in [-0.05, 0) is 72.7 Å². The van der Waals surface area contributed by atoms with Gasteiger partial charge in [0, 0.05) is 30.3 Å². The normalized spacial score (nSPS) is 15.9. The van der Waals surface area contributed by atoms with Crippen molar-refractivity contribution in [1.29, 1.82) is 0 Å². The van der Waals surface area contributed by atoms with Gasteiger partial charge in [0.15, 0.2) is 11.5 Å². The van der Waals surface area contributed by atoms with Gasteiger partial charge < -0.3 is 29.3 Å². The molecule has 0 spiro atoms. The zero-order chi connectivity index (χ0) is 26.5. The highest BCUT2D eigenvalue weighted by Gasteiger charge is 2.27. The monoisotopic (exact) mass is 539 g/mol. The van der Waals surface area contributed by atoms with Crippen molar-refractivity contribution in [1.82, 2.24) is 9.80 Å². The first-order valence-corrected chi connectivity index (χ1v) is 13.4. The SMILES string of the molecule is Cc1ccsc1CN(Cc1ccc2c(c1)OCO2)C(=O)CN(C[C@@H]1CCCO1)C(=O)Nc1cccc(F)c1. The first kappa shape index (κ1) is 26.0. The Hall–Kier alpha value is -3.63. The third-order valence-electron chi connectivity index (χ3n) is 6.60. The molecule has 2 aliphatic rings. The zero-order valence-electron chi connectivity index (χ0n) is 21.2. The number of fused-ring (bicyclic) bond motifs is 1. The van der Waals surface area contributed by atoms with E-state index in [4.69, 9.17) is 14.2 Å². The molecule has 0 radical (unpaired) electrons. The molecule has 10 heteroatoms. The van der Waals surface area contributed by atoms with E-state index in [1.54, 1.807) is 22.3 Å². The van der Waals surface area contributed by atoms with E-state index in [9.17, 15) is 14.0 Å². The van der Waals surface area contributed by atoms with Crippen LogP contribution in [0.4, 0.5) is 14.9 Å². The average molecular weight is 540 g/mol. The fourth-order valence-corrected chi connectivity index (χ4v) is 5.44. The molecule has 2 aliphatic heterocycles. The molecule has 38 heavy (non-hydrogen) atoms. The highest BCUT2D eigenvalue weighted by Crippen LogP contribution is 2.33. The quantitative estimate of drug-likeness (QED) is 0.406. The molecule has 1 N–H and O–H groups in total. The Bertz CT molecular complexity index is 1290. The Labute approximate surface area is 224 Å². The summed E-state index contributed by atoms with van der Waals surface area (Å²) in [7, 11) is 0. The lowest BCUT2D eigenvalue weighted by atomic mass is 10.1. The van der Waals surface area contributed by atoms with E-state index in [1.807, 2.05) is 36.6 Å². The number of nitrogens with zero attached hydrogens (tertiary/aromatic N) is 2. The van der Waals surface area contributed by atoms with Gasteiger partial charge in [-0.2, -0.15) is 0 Å². The number of nitrogens with one attached hydrogen (secondary N) is 1. The maximum absolute atomic E-state index is 13.8. The summed E-state index contributed by atoms with van der Waals surface area (Å²) in [4.78, 5) is 31.3. The van der Waals surface area contributed by atoms with Crippen molar-refractivity contribution < 1.29 is 28.2 Å². The van der Waals surface area contributed by atoms with Crippen molar-refractivity contribution >= 4 is 29.0 Å². The number of benzene rings is 2. The standard InChI is InChI=1S/C28H30FN3O5S/c1-19-9-11-38-26(19)16-31(14-20-7-8-24-25(12-20)37-18-36-24)27(33)17-32(15-23-6-3-10-35-23)28(34)30-22-5-2-4-21(29)13-22/h2,4-5,7-9,11-13,23H,3,6,10,14-18H2,1H3,(H,30,34)/t23-/m0/s1. The molecule has 200 valence electrons. The molecule has 0 saturated carbocycles. The average Bonchev–Trinajstić information content (AvgIpc) is 3.66. The van der Waals surface area contributed by atoms with Crippen LogP contribution in [0.5, 0.6) is 11.5 Å². The molecule has 1 atom stereocenters. The van der Waals surface area contributed by atoms with Crippen LogP contribution in [0, 0.1) is 12.7 Å². The summed E-state index contributed by atoms with van der Waals surface area (Å²) in [6.45, 7) is 3.70. The third kappa shape index (κ3) is 6.43. The van der Waals surface area contributed by atoms with Crippen LogP contribution in [0.25, 0.3) is 0 Å². The topological polar surface area (TPSA) is 80.3 Å². The van der Waals surface area contributed by atoms with Gasteiger partial charge in [0.05, 0.1) is 12.6 Å². The second kappa shape index (κ2) is 11.8. The van der Waals surface area contributed by atoms with Crippen LogP contribution in [0.1, 0.15) is 28.8 Å². The van der Waals surface area contributed by atoms with Crippen molar-refractivity contribution in [2.45, 2.75) is 39.0 Å². The second-order valence-electron chi connectivity index (χ2n) is 9.42. The summed E-state index contributed by atoms with van der Waals surface area (Å²) in [5.41, 5.74) is 2.33. The number of halogens is 1. The van der Waals surface area contributed by atoms with Gasteiger partial charge in [-0.15, -0.1) is 11.3 Å². The molecule has 5 rings (SSSR count). The van der Waals surface area contributed by atoms with Gasteiger partial charge in [-0.25, -0.2) is 9.18 Å². The number of carbonyl (C=O) groups is 2. The fraction of sp³-hybridized carbons (Fsp3) is 0.357. The number of ether oxygens (including phenoxy) is 3. The molecule has 3 amide bonds.